The van der Waals surface area contributed by atoms with Gasteiger partial charge in [0.25, 0.3) is 0 Å². The first-order chi connectivity index (χ1) is 6.77. The zero-order chi connectivity index (χ0) is 9.97. The maximum Gasteiger partial charge on any atom is 0.319 e. The van der Waals surface area contributed by atoms with E-state index in [1.165, 1.54) is 5.70 Å². The van der Waals surface area contributed by atoms with Crippen molar-refractivity contribution in [2.75, 3.05) is 13.1 Å². The van der Waals surface area contributed by atoms with Gasteiger partial charge in [0, 0.05) is 18.2 Å². The van der Waals surface area contributed by atoms with E-state index in [0.717, 1.165) is 19.4 Å². The summed E-state index contributed by atoms with van der Waals surface area (Å²) >= 11 is 0. The second-order valence-corrected chi connectivity index (χ2v) is 3.62. The summed E-state index contributed by atoms with van der Waals surface area (Å²) in [5.74, 6) is -0.235. The van der Waals surface area contributed by atoms with Crippen molar-refractivity contribution in [1.29, 1.82) is 0 Å². The zero-order valence-corrected chi connectivity index (χ0v) is 7.94. The van der Waals surface area contributed by atoms with E-state index in [1.807, 2.05) is 11.1 Å². The van der Waals surface area contributed by atoms with Crippen LogP contribution >= 0.6 is 0 Å². The Morgan fingerprint density at radius 2 is 2.57 bits per heavy atom. The van der Waals surface area contributed by atoms with Crippen LogP contribution in [0.25, 0.3) is 0 Å². The summed E-state index contributed by atoms with van der Waals surface area (Å²) in [4.78, 5) is 10.4. The fourth-order valence-electron chi connectivity index (χ4n) is 1.99. The molecule has 76 valence electrons. The molecule has 0 aromatic carbocycles. The summed E-state index contributed by atoms with van der Waals surface area (Å²) in [6.45, 7) is 0.902. The van der Waals surface area contributed by atoms with Gasteiger partial charge in [0.05, 0.1) is 0 Å². The summed E-state index contributed by atoms with van der Waals surface area (Å²) in [5.41, 5.74) is 4.14. The SMILES string of the molecule is O=C(O)CNN1CCC2CC=CC=C21. The van der Waals surface area contributed by atoms with Crippen molar-refractivity contribution in [3.8, 4) is 0 Å². The second kappa shape index (κ2) is 3.84. The van der Waals surface area contributed by atoms with Crippen LogP contribution in [-0.2, 0) is 4.79 Å². The molecule has 4 nitrogen and oxygen atoms in total. The molecule has 1 heterocycles. The Balaban J connectivity index is 1.96. The van der Waals surface area contributed by atoms with E-state index in [1.54, 1.807) is 0 Å². The van der Waals surface area contributed by atoms with Gasteiger partial charge >= 0.3 is 5.97 Å². The van der Waals surface area contributed by atoms with Gasteiger partial charge in [-0.05, 0) is 18.9 Å². The lowest BCUT2D eigenvalue weighted by molar-refractivity contribution is -0.136. The third-order valence-corrected chi connectivity index (χ3v) is 2.68. The van der Waals surface area contributed by atoms with E-state index in [9.17, 15) is 4.79 Å². The smallest absolute Gasteiger partial charge is 0.319 e. The molecule has 2 aliphatic rings. The van der Waals surface area contributed by atoms with E-state index in [2.05, 4.69) is 17.6 Å². The fourth-order valence-corrected chi connectivity index (χ4v) is 1.99. The number of allylic oxidation sites excluding steroid dienone is 4. The van der Waals surface area contributed by atoms with Gasteiger partial charge < -0.3 is 10.1 Å². The molecule has 1 aliphatic heterocycles. The summed E-state index contributed by atoms with van der Waals surface area (Å²) in [6.07, 6.45) is 8.46. The molecule has 1 unspecified atom stereocenters. The topological polar surface area (TPSA) is 52.6 Å². The minimum absolute atomic E-state index is 0.00618. The Morgan fingerprint density at radius 3 is 3.36 bits per heavy atom. The first kappa shape index (κ1) is 9.27. The van der Waals surface area contributed by atoms with Crippen LogP contribution in [0.4, 0.5) is 0 Å². The molecule has 1 aliphatic carbocycles. The summed E-state index contributed by atoms with van der Waals surface area (Å²) < 4.78 is 0. The number of carboxylic acid groups (broad SMARTS) is 1. The van der Waals surface area contributed by atoms with Crippen LogP contribution in [0.1, 0.15) is 12.8 Å². The van der Waals surface area contributed by atoms with E-state index in [0.29, 0.717) is 5.92 Å². The molecule has 0 aromatic rings. The molecule has 0 amide bonds. The number of rotatable bonds is 3. The summed E-state index contributed by atoms with van der Waals surface area (Å²) in [6, 6.07) is 0. The highest BCUT2D eigenvalue weighted by atomic mass is 16.4. The third-order valence-electron chi connectivity index (χ3n) is 2.68. The van der Waals surface area contributed by atoms with Crippen molar-refractivity contribution in [3.05, 3.63) is 23.9 Å². The Morgan fingerprint density at radius 1 is 1.71 bits per heavy atom. The monoisotopic (exact) mass is 194 g/mol. The fraction of sp³-hybridized carbons (Fsp3) is 0.500. The van der Waals surface area contributed by atoms with Crippen molar-refractivity contribution in [1.82, 2.24) is 10.4 Å². The van der Waals surface area contributed by atoms with Gasteiger partial charge in [-0.3, -0.25) is 4.79 Å². The predicted molar refractivity (Wildman–Crippen MR) is 52.3 cm³/mol. The zero-order valence-electron chi connectivity index (χ0n) is 7.94. The summed E-state index contributed by atoms with van der Waals surface area (Å²) in [7, 11) is 0. The maximum absolute atomic E-state index is 10.4. The number of nitrogens with zero attached hydrogens (tertiary/aromatic N) is 1. The number of carboxylic acids is 1. The van der Waals surface area contributed by atoms with Gasteiger partial charge in [0.15, 0.2) is 0 Å². The van der Waals surface area contributed by atoms with Crippen LogP contribution in [0.3, 0.4) is 0 Å². The Hall–Kier alpha value is -1.29. The molecule has 14 heavy (non-hydrogen) atoms. The summed E-state index contributed by atoms with van der Waals surface area (Å²) in [5, 5.41) is 10.5. The Kier molecular flexibility index (Phi) is 2.54. The molecule has 1 saturated heterocycles. The number of carbonyl (C=O) groups is 1. The normalized spacial score (nSPS) is 24.7. The highest BCUT2D eigenvalue weighted by molar-refractivity contribution is 5.68. The number of hydrazine groups is 1. The van der Waals surface area contributed by atoms with Gasteiger partial charge in [-0.1, -0.05) is 12.2 Å². The van der Waals surface area contributed by atoms with Crippen LogP contribution in [0.5, 0.6) is 0 Å². The van der Waals surface area contributed by atoms with E-state index in [-0.39, 0.29) is 6.54 Å². The molecule has 0 radical (unpaired) electrons. The van der Waals surface area contributed by atoms with Crippen molar-refractivity contribution in [2.24, 2.45) is 5.92 Å². The first-order valence-corrected chi connectivity index (χ1v) is 4.87. The Bertz CT molecular complexity index is 296. The Labute approximate surface area is 82.9 Å². The van der Waals surface area contributed by atoms with Crippen LogP contribution in [0.15, 0.2) is 23.9 Å². The van der Waals surface area contributed by atoms with Gasteiger partial charge in [0.2, 0.25) is 0 Å². The van der Waals surface area contributed by atoms with Crippen LogP contribution < -0.4 is 5.43 Å². The van der Waals surface area contributed by atoms with E-state index in [4.69, 9.17) is 5.11 Å². The largest absolute Gasteiger partial charge is 0.480 e. The van der Waals surface area contributed by atoms with Gasteiger partial charge in [-0.15, -0.1) is 0 Å². The van der Waals surface area contributed by atoms with Crippen molar-refractivity contribution in [3.63, 3.8) is 0 Å². The van der Waals surface area contributed by atoms with Crippen molar-refractivity contribution >= 4 is 5.97 Å². The highest BCUT2D eigenvalue weighted by Gasteiger charge is 2.27. The molecular weight excluding hydrogens is 180 g/mol. The molecule has 0 bridgehead atoms. The van der Waals surface area contributed by atoms with Crippen molar-refractivity contribution in [2.45, 2.75) is 12.8 Å². The minimum atomic E-state index is -0.819. The second-order valence-electron chi connectivity index (χ2n) is 3.62. The standard InChI is InChI=1S/C10H14N2O2/c13-10(14)7-11-12-6-5-8-3-1-2-4-9(8)12/h1-2,4,8,11H,3,5-7H2,(H,13,14). The lowest BCUT2D eigenvalue weighted by Gasteiger charge is -2.23. The first-order valence-electron chi connectivity index (χ1n) is 4.87. The number of aliphatic carboxylic acids is 1. The molecule has 1 atom stereocenters. The van der Waals surface area contributed by atoms with Gasteiger partial charge in [-0.25, -0.2) is 5.43 Å². The number of hydrogen-bond donors (Lipinski definition) is 2. The average Bonchev–Trinajstić information content (AvgIpc) is 2.58. The number of hydrogen-bond acceptors (Lipinski definition) is 3. The molecule has 1 fully saturated rings. The quantitative estimate of drug-likeness (QED) is 0.695. The third kappa shape index (κ3) is 1.80. The number of nitrogens with one attached hydrogen (secondary N) is 1. The molecule has 0 saturated carbocycles. The average molecular weight is 194 g/mol. The molecule has 2 rings (SSSR count). The van der Waals surface area contributed by atoms with Gasteiger partial charge in [-0.2, -0.15) is 0 Å². The van der Waals surface area contributed by atoms with Crippen LogP contribution in [0, 0.1) is 5.92 Å². The predicted octanol–water partition coefficient (Wildman–Crippen LogP) is 0.741. The van der Waals surface area contributed by atoms with Crippen molar-refractivity contribution < 1.29 is 9.90 Å². The number of fused-ring (bicyclic) bond motifs is 1. The lowest BCUT2D eigenvalue weighted by atomic mass is 9.97. The molecular formula is C10H14N2O2. The van der Waals surface area contributed by atoms with Crippen LogP contribution in [0.2, 0.25) is 0 Å². The minimum Gasteiger partial charge on any atom is -0.480 e. The van der Waals surface area contributed by atoms with E-state index >= 15 is 0 Å². The maximum atomic E-state index is 10.4. The molecule has 0 spiro atoms. The lowest BCUT2D eigenvalue weighted by Crippen LogP contribution is -2.38. The highest BCUT2D eigenvalue weighted by Crippen LogP contribution is 2.31. The molecule has 0 aromatic heterocycles. The molecule has 4 heteroatoms. The molecule has 2 N–H and O–H groups in total. The van der Waals surface area contributed by atoms with Crippen LogP contribution in [-0.4, -0.2) is 29.2 Å². The van der Waals surface area contributed by atoms with Gasteiger partial charge in [0.1, 0.15) is 6.54 Å². The van der Waals surface area contributed by atoms with E-state index < -0.39 is 5.97 Å².